The molecule has 0 atom stereocenters. The van der Waals surface area contributed by atoms with Crippen LogP contribution < -0.4 is 5.32 Å². The van der Waals surface area contributed by atoms with Crippen molar-refractivity contribution in [3.8, 4) is 0 Å². The fourth-order valence-corrected chi connectivity index (χ4v) is 2.29. The van der Waals surface area contributed by atoms with E-state index in [1.54, 1.807) is 0 Å². The normalized spacial score (nSPS) is 18.4. The van der Waals surface area contributed by atoms with Crippen molar-refractivity contribution in [2.45, 2.75) is 25.8 Å². The van der Waals surface area contributed by atoms with Crippen LogP contribution in [0.2, 0.25) is 0 Å². The average molecular weight is 259 g/mol. The van der Waals surface area contributed by atoms with Gasteiger partial charge in [-0.25, -0.2) is 4.79 Å². The van der Waals surface area contributed by atoms with Gasteiger partial charge in [-0.1, -0.05) is 24.3 Å². The van der Waals surface area contributed by atoms with Crippen molar-refractivity contribution in [2.24, 2.45) is 0 Å². The second-order valence-corrected chi connectivity index (χ2v) is 5.26. The predicted octanol–water partition coefficient (Wildman–Crippen LogP) is 1.69. The van der Waals surface area contributed by atoms with Gasteiger partial charge in [0.25, 0.3) is 5.78 Å². The highest BCUT2D eigenvalue weighted by atomic mass is 16.5. The van der Waals surface area contributed by atoms with Crippen molar-refractivity contribution in [2.75, 3.05) is 7.11 Å². The molecule has 0 spiro atoms. The number of nitrogens with one attached hydrogen (secondary N) is 1. The third-order valence-electron chi connectivity index (χ3n) is 3.07. The molecule has 2 rings (SSSR count). The van der Waals surface area contributed by atoms with Gasteiger partial charge < -0.3 is 10.1 Å². The van der Waals surface area contributed by atoms with Gasteiger partial charge in [-0.2, -0.15) is 0 Å². The van der Waals surface area contributed by atoms with Gasteiger partial charge >= 0.3 is 5.97 Å². The maximum atomic E-state index is 11.7. The van der Waals surface area contributed by atoms with Crippen molar-refractivity contribution < 1.29 is 14.3 Å². The highest BCUT2D eigenvalue weighted by molar-refractivity contribution is 6.39. The van der Waals surface area contributed by atoms with E-state index in [4.69, 9.17) is 0 Å². The lowest BCUT2D eigenvalue weighted by Gasteiger charge is -2.35. The highest BCUT2D eigenvalue weighted by Crippen LogP contribution is 2.29. The second kappa shape index (κ2) is 4.88. The van der Waals surface area contributed by atoms with Gasteiger partial charge in [-0.15, -0.1) is 0 Å². The Balaban J connectivity index is 2.43. The number of ketones is 1. The molecule has 0 aliphatic carbocycles. The zero-order chi connectivity index (χ0) is 14.0. The molecule has 1 aromatic carbocycles. The number of hydrogen-bond acceptors (Lipinski definition) is 4. The number of ether oxygens (including phenoxy) is 1. The molecule has 1 aromatic rings. The zero-order valence-corrected chi connectivity index (χ0v) is 11.3. The van der Waals surface area contributed by atoms with Gasteiger partial charge in [0.05, 0.1) is 7.11 Å². The van der Waals surface area contributed by atoms with Gasteiger partial charge in [-0.05, 0) is 25.8 Å². The Labute approximate surface area is 112 Å². The monoisotopic (exact) mass is 259 g/mol. The van der Waals surface area contributed by atoms with Crippen LogP contribution in [-0.2, 0) is 20.7 Å². The Morgan fingerprint density at radius 2 is 2.00 bits per heavy atom. The SMILES string of the molecule is COC(=O)C(=O)/C=C1\NC(C)(C)Cc2ccccc21. The lowest BCUT2D eigenvalue weighted by molar-refractivity contribution is -0.149. The van der Waals surface area contributed by atoms with Gasteiger partial charge in [0.15, 0.2) is 0 Å². The Bertz CT molecular complexity index is 558. The number of benzene rings is 1. The molecule has 0 saturated carbocycles. The summed E-state index contributed by atoms with van der Waals surface area (Å²) in [6, 6.07) is 7.86. The van der Waals surface area contributed by atoms with E-state index in [1.807, 2.05) is 24.3 Å². The third-order valence-corrected chi connectivity index (χ3v) is 3.07. The smallest absolute Gasteiger partial charge is 0.378 e. The van der Waals surface area contributed by atoms with E-state index in [2.05, 4.69) is 23.9 Å². The zero-order valence-electron chi connectivity index (χ0n) is 11.3. The van der Waals surface area contributed by atoms with E-state index in [0.29, 0.717) is 5.70 Å². The number of carbonyl (C=O) groups is 2. The molecule has 100 valence electrons. The van der Waals surface area contributed by atoms with Crippen molar-refractivity contribution in [1.82, 2.24) is 5.32 Å². The summed E-state index contributed by atoms with van der Waals surface area (Å²) < 4.78 is 4.43. The third kappa shape index (κ3) is 2.84. The summed E-state index contributed by atoms with van der Waals surface area (Å²) in [5.74, 6) is -1.51. The largest absolute Gasteiger partial charge is 0.463 e. The summed E-state index contributed by atoms with van der Waals surface area (Å²) in [4.78, 5) is 22.9. The number of rotatable bonds is 2. The number of fused-ring (bicyclic) bond motifs is 1. The first kappa shape index (κ1) is 13.3. The standard InChI is InChI=1S/C15H17NO3/c1-15(2)9-10-6-4-5-7-11(10)12(16-15)8-13(17)14(18)19-3/h4-8,16H,9H2,1-3H3/b12-8-. The summed E-state index contributed by atoms with van der Waals surface area (Å²) in [5, 5.41) is 3.29. The van der Waals surface area contributed by atoms with Crippen LogP contribution in [0.4, 0.5) is 0 Å². The van der Waals surface area contributed by atoms with E-state index in [9.17, 15) is 9.59 Å². The molecule has 1 N–H and O–H groups in total. The molecule has 0 radical (unpaired) electrons. The summed E-state index contributed by atoms with van der Waals surface area (Å²) in [6.07, 6.45) is 2.18. The first-order chi connectivity index (χ1) is 8.93. The van der Waals surface area contributed by atoms with E-state index in [-0.39, 0.29) is 5.54 Å². The molecule has 1 aliphatic heterocycles. The molecule has 4 nitrogen and oxygen atoms in total. The molecule has 1 aliphatic rings. The van der Waals surface area contributed by atoms with Gasteiger partial charge in [0, 0.05) is 22.9 Å². The summed E-state index contributed by atoms with van der Waals surface area (Å²) in [7, 11) is 1.20. The Morgan fingerprint density at radius 3 is 2.68 bits per heavy atom. The maximum Gasteiger partial charge on any atom is 0.378 e. The lowest BCUT2D eigenvalue weighted by atomic mass is 9.85. The maximum absolute atomic E-state index is 11.7. The Morgan fingerprint density at radius 1 is 1.32 bits per heavy atom. The van der Waals surface area contributed by atoms with Crippen LogP contribution in [0.5, 0.6) is 0 Å². The van der Waals surface area contributed by atoms with Crippen LogP contribution in [0.3, 0.4) is 0 Å². The number of carbonyl (C=O) groups excluding carboxylic acids is 2. The molecule has 4 heteroatoms. The molecular weight excluding hydrogens is 242 g/mol. The van der Waals surface area contributed by atoms with Gasteiger partial charge in [0.1, 0.15) is 0 Å². The molecular formula is C15H17NO3. The summed E-state index contributed by atoms with van der Waals surface area (Å²) in [6.45, 7) is 4.11. The average Bonchev–Trinajstić information content (AvgIpc) is 2.36. The minimum Gasteiger partial charge on any atom is -0.463 e. The van der Waals surface area contributed by atoms with E-state index >= 15 is 0 Å². The Kier molecular flexibility index (Phi) is 3.42. The Hall–Kier alpha value is -2.10. The van der Waals surface area contributed by atoms with Crippen LogP contribution in [0, 0.1) is 0 Å². The van der Waals surface area contributed by atoms with Crippen molar-refractivity contribution in [1.29, 1.82) is 0 Å². The molecule has 0 bridgehead atoms. The van der Waals surface area contributed by atoms with Gasteiger partial charge in [-0.3, -0.25) is 4.79 Å². The second-order valence-electron chi connectivity index (χ2n) is 5.26. The van der Waals surface area contributed by atoms with Gasteiger partial charge in [0.2, 0.25) is 0 Å². The minimum atomic E-state index is -0.852. The van der Waals surface area contributed by atoms with Crippen LogP contribution in [-0.4, -0.2) is 24.4 Å². The highest BCUT2D eigenvalue weighted by Gasteiger charge is 2.28. The summed E-state index contributed by atoms with van der Waals surface area (Å²) >= 11 is 0. The molecule has 19 heavy (non-hydrogen) atoms. The summed E-state index contributed by atoms with van der Waals surface area (Å²) in [5.41, 5.74) is 2.63. The number of methoxy groups -OCH3 is 1. The first-order valence-electron chi connectivity index (χ1n) is 6.13. The number of esters is 1. The quantitative estimate of drug-likeness (QED) is 0.499. The molecule has 0 saturated heterocycles. The fraction of sp³-hybridized carbons (Fsp3) is 0.333. The molecule has 0 amide bonds. The number of hydrogen-bond donors (Lipinski definition) is 1. The molecule has 0 unspecified atom stereocenters. The van der Waals surface area contributed by atoms with Crippen molar-refractivity contribution >= 4 is 17.4 Å². The van der Waals surface area contributed by atoms with Crippen molar-refractivity contribution in [3.63, 3.8) is 0 Å². The van der Waals surface area contributed by atoms with E-state index in [1.165, 1.54) is 13.2 Å². The fourth-order valence-electron chi connectivity index (χ4n) is 2.29. The molecule has 0 aromatic heterocycles. The topological polar surface area (TPSA) is 55.4 Å². The first-order valence-corrected chi connectivity index (χ1v) is 6.13. The lowest BCUT2D eigenvalue weighted by Crippen LogP contribution is -2.44. The van der Waals surface area contributed by atoms with Crippen LogP contribution in [0.1, 0.15) is 25.0 Å². The minimum absolute atomic E-state index is 0.156. The molecule has 0 fully saturated rings. The van der Waals surface area contributed by atoms with Crippen LogP contribution >= 0.6 is 0 Å². The van der Waals surface area contributed by atoms with Crippen LogP contribution in [0.25, 0.3) is 5.70 Å². The molecule has 1 heterocycles. The van der Waals surface area contributed by atoms with Crippen LogP contribution in [0.15, 0.2) is 30.3 Å². The van der Waals surface area contributed by atoms with Crippen molar-refractivity contribution in [3.05, 3.63) is 41.5 Å². The van der Waals surface area contributed by atoms with E-state index < -0.39 is 11.8 Å². The van der Waals surface area contributed by atoms with E-state index in [0.717, 1.165) is 17.5 Å². The predicted molar refractivity (Wildman–Crippen MR) is 72.4 cm³/mol.